The van der Waals surface area contributed by atoms with Crippen molar-refractivity contribution < 1.29 is 0 Å². The van der Waals surface area contributed by atoms with Crippen LogP contribution in [0.5, 0.6) is 0 Å². The second-order valence-electron chi connectivity index (χ2n) is 6.66. The van der Waals surface area contributed by atoms with E-state index in [9.17, 15) is 0 Å². The van der Waals surface area contributed by atoms with Gasteiger partial charge in [-0.2, -0.15) is 5.10 Å². The van der Waals surface area contributed by atoms with E-state index in [1.54, 1.807) is 0 Å². The van der Waals surface area contributed by atoms with E-state index in [-0.39, 0.29) is 0 Å². The van der Waals surface area contributed by atoms with Crippen molar-refractivity contribution in [3.63, 3.8) is 0 Å². The van der Waals surface area contributed by atoms with Gasteiger partial charge in [0.15, 0.2) is 0 Å². The molecule has 2 saturated heterocycles. The molecule has 4 nitrogen and oxygen atoms in total. The fourth-order valence-electron chi connectivity index (χ4n) is 3.74. The van der Waals surface area contributed by atoms with Gasteiger partial charge in [-0.3, -0.25) is 4.90 Å². The third-order valence-electron chi connectivity index (χ3n) is 4.98. The first-order valence-corrected chi connectivity index (χ1v) is 8.74. The molecule has 1 unspecified atom stereocenters. The number of benzene rings is 1. The number of nitrogens with zero attached hydrogens (tertiary/aromatic N) is 3. The lowest BCUT2D eigenvalue weighted by atomic mass is 9.87. The normalized spacial score (nSPS) is 25.3. The van der Waals surface area contributed by atoms with Gasteiger partial charge < -0.3 is 5.32 Å². The summed E-state index contributed by atoms with van der Waals surface area (Å²) in [5.74, 6) is 0. The van der Waals surface area contributed by atoms with Gasteiger partial charge in [-0.15, -0.1) is 0 Å². The molecule has 2 aliphatic heterocycles. The van der Waals surface area contributed by atoms with Gasteiger partial charge in [-0.05, 0) is 55.6 Å². The molecule has 116 valence electrons. The second-order valence-corrected chi connectivity index (χ2v) is 7.57. The lowest BCUT2D eigenvalue weighted by Crippen LogP contribution is -2.28. The first kappa shape index (κ1) is 14.4. The number of nitrogens with one attached hydrogen (secondary N) is 1. The lowest BCUT2D eigenvalue weighted by molar-refractivity contribution is 0.268. The molecule has 1 N–H and O–H groups in total. The van der Waals surface area contributed by atoms with Crippen LogP contribution in [-0.2, 0) is 6.54 Å². The fourth-order valence-corrected chi connectivity index (χ4v) is 4.01. The van der Waals surface area contributed by atoms with Gasteiger partial charge in [-0.1, -0.05) is 15.9 Å². The fraction of sp³-hybridized carbons (Fsp3) is 0.471. The summed E-state index contributed by atoms with van der Waals surface area (Å²) in [6.45, 7) is 5.84. The Morgan fingerprint density at radius 1 is 1.23 bits per heavy atom. The molecule has 0 amide bonds. The number of hydrogen-bond acceptors (Lipinski definition) is 3. The minimum absolute atomic E-state index is 0.543. The molecule has 1 aromatic carbocycles. The van der Waals surface area contributed by atoms with Crippen molar-refractivity contribution >= 4 is 15.9 Å². The third kappa shape index (κ3) is 2.85. The molecule has 2 aliphatic rings. The minimum Gasteiger partial charge on any atom is -0.316 e. The smallest absolute Gasteiger partial charge is 0.0646 e. The highest BCUT2D eigenvalue weighted by atomic mass is 79.9. The van der Waals surface area contributed by atoms with Crippen molar-refractivity contribution in [1.82, 2.24) is 20.0 Å². The molecule has 0 bridgehead atoms. The second kappa shape index (κ2) is 5.80. The first-order chi connectivity index (χ1) is 10.7. The van der Waals surface area contributed by atoms with Crippen LogP contribution in [0.3, 0.4) is 0 Å². The van der Waals surface area contributed by atoms with Crippen LogP contribution in [0, 0.1) is 5.41 Å². The molecule has 5 heteroatoms. The predicted octanol–water partition coefficient (Wildman–Crippen LogP) is 2.82. The minimum atomic E-state index is 0.543. The number of likely N-dealkylation sites (tertiary alicyclic amines) is 1. The van der Waals surface area contributed by atoms with E-state index < -0.39 is 0 Å². The van der Waals surface area contributed by atoms with Crippen molar-refractivity contribution in [3.05, 3.63) is 46.7 Å². The Morgan fingerprint density at radius 3 is 2.86 bits per heavy atom. The first-order valence-electron chi connectivity index (χ1n) is 7.95. The maximum atomic E-state index is 4.51. The van der Waals surface area contributed by atoms with Crippen LogP contribution >= 0.6 is 15.9 Å². The zero-order valence-corrected chi connectivity index (χ0v) is 14.2. The standard InChI is InChI=1S/C17H21BrN4/c18-15-1-3-16(4-2-15)22-11-14(9-20-22)10-21-8-6-17(13-21)5-7-19-12-17/h1-4,9,11,19H,5-8,10,12-13H2. The van der Waals surface area contributed by atoms with Crippen molar-refractivity contribution in [2.24, 2.45) is 5.41 Å². The van der Waals surface area contributed by atoms with Gasteiger partial charge >= 0.3 is 0 Å². The molecular weight excluding hydrogens is 340 g/mol. The van der Waals surface area contributed by atoms with Crippen molar-refractivity contribution in [2.45, 2.75) is 19.4 Å². The van der Waals surface area contributed by atoms with Gasteiger partial charge in [0.2, 0.25) is 0 Å². The summed E-state index contributed by atoms with van der Waals surface area (Å²) in [5, 5.41) is 8.03. The van der Waals surface area contributed by atoms with Crippen LogP contribution < -0.4 is 5.32 Å². The molecule has 4 rings (SSSR count). The molecule has 1 spiro atoms. The van der Waals surface area contributed by atoms with Crippen LogP contribution in [0.4, 0.5) is 0 Å². The van der Waals surface area contributed by atoms with E-state index in [0.29, 0.717) is 5.41 Å². The van der Waals surface area contributed by atoms with Crippen molar-refractivity contribution in [3.8, 4) is 5.69 Å². The van der Waals surface area contributed by atoms with E-state index in [4.69, 9.17) is 0 Å². The summed E-state index contributed by atoms with van der Waals surface area (Å²) >= 11 is 3.47. The monoisotopic (exact) mass is 360 g/mol. The van der Waals surface area contributed by atoms with E-state index in [0.717, 1.165) is 16.7 Å². The molecule has 0 radical (unpaired) electrons. The molecule has 3 heterocycles. The topological polar surface area (TPSA) is 33.1 Å². The number of rotatable bonds is 3. The maximum absolute atomic E-state index is 4.51. The molecule has 2 aromatic rings. The van der Waals surface area contributed by atoms with Gasteiger partial charge in [0, 0.05) is 35.9 Å². The highest BCUT2D eigenvalue weighted by Gasteiger charge is 2.40. The predicted molar refractivity (Wildman–Crippen MR) is 91.1 cm³/mol. The molecule has 2 fully saturated rings. The van der Waals surface area contributed by atoms with Gasteiger partial charge in [0.25, 0.3) is 0 Å². The van der Waals surface area contributed by atoms with Crippen LogP contribution in [0.15, 0.2) is 41.1 Å². The van der Waals surface area contributed by atoms with Gasteiger partial charge in [-0.25, -0.2) is 4.68 Å². The Hall–Kier alpha value is -1.17. The van der Waals surface area contributed by atoms with Gasteiger partial charge in [0.05, 0.1) is 11.9 Å². The Morgan fingerprint density at radius 2 is 2.09 bits per heavy atom. The zero-order chi connectivity index (χ0) is 15.0. The molecule has 1 atom stereocenters. The molecule has 1 aromatic heterocycles. The van der Waals surface area contributed by atoms with Crippen LogP contribution in [0.1, 0.15) is 18.4 Å². The largest absolute Gasteiger partial charge is 0.316 e. The van der Waals surface area contributed by atoms with E-state index in [2.05, 4.69) is 49.6 Å². The quantitative estimate of drug-likeness (QED) is 0.913. The zero-order valence-electron chi connectivity index (χ0n) is 12.6. The molecule has 22 heavy (non-hydrogen) atoms. The summed E-state index contributed by atoms with van der Waals surface area (Å²) < 4.78 is 3.06. The van der Waals surface area contributed by atoms with Crippen LogP contribution in [-0.4, -0.2) is 40.9 Å². The van der Waals surface area contributed by atoms with Crippen LogP contribution in [0.25, 0.3) is 5.69 Å². The number of aromatic nitrogens is 2. The summed E-state index contributed by atoms with van der Waals surface area (Å²) in [5.41, 5.74) is 2.94. The maximum Gasteiger partial charge on any atom is 0.0646 e. The Bertz CT molecular complexity index is 643. The van der Waals surface area contributed by atoms with E-state index in [1.807, 2.05) is 23.0 Å². The van der Waals surface area contributed by atoms with Crippen molar-refractivity contribution in [2.75, 3.05) is 26.2 Å². The summed E-state index contributed by atoms with van der Waals surface area (Å²) in [7, 11) is 0. The third-order valence-corrected chi connectivity index (χ3v) is 5.51. The highest BCUT2D eigenvalue weighted by Crippen LogP contribution is 2.36. The van der Waals surface area contributed by atoms with Crippen LogP contribution in [0.2, 0.25) is 0 Å². The molecule has 0 aliphatic carbocycles. The Labute approximate surface area is 139 Å². The number of hydrogen-bond donors (Lipinski definition) is 1. The van der Waals surface area contributed by atoms with Crippen molar-refractivity contribution in [1.29, 1.82) is 0 Å². The molecular formula is C17H21BrN4. The van der Waals surface area contributed by atoms with Gasteiger partial charge in [0.1, 0.15) is 0 Å². The number of halogens is 1. The molecule has 0 saturated carbocycles. The SMILES string of the molecule is Brc1ccc(-n2cc(CN3CCC4(CCNC4)C3)cn2)cc1. The van der Waals surface area contributed by atoms with E-state index >= 15 is 0 Å². The summed E-state index contributed by atoms with van der Waals surface area (Å²) in [4.78, 5) is 2.58. The Kier molecular flexibility index (Phi) is 3.80. The lowest BCUT2D eigenvalue weighted by Gasteiger charge is -2.22. The average Bonchev–Trinajstić information content (AvgIpc) is 3.24. The summed E-state index contributed by atoms with van der Waals surface area (Å²) in [6, 6.07) is 8.26. The highest BCUT2D eigenvalue weighted by molar-refractivity contribution is 9.10. The summed E-state index contributed by atoms with van der Waals surface area (Å²) in [6.07, 6.45) is 6.82. The Balaban J connectivity index is 1.43. The van der Waals surface area contributed by atoms with E-state index in [1.165, 1.54) is 44.6 Å². The average molecular weight is 361 g/mol.